The summed E-state index contributed by atoms with van der Waals surface area (Å²) in [5.74, 6) is -0.414. The molecule has 4 N–H and O–H groups in total. The number of carboxylic acid groups (broad SMARTS) is 1. The maximum Gasteiger partial charge on any atom is 0.321 e. The van der Waals surface area contributed by atoms with Crippen LogP contribution in [0, 0.1) is 0 Å². The second kappa shape index (κ2) is 5.74. The van der Waals surface area contributed by atoms with Crippen molar-refractivity contribution in [2.75, 3.05) is 12.4 Å². The van der Waals surface area contributed by atoms with E-state index in [1.807, 2.05) is 0 Å². The smallest absolute Gasteiger partial charge is 0.321 e. The van der Waals surface area contributed by atoms with Gasteiger partial charge >= 0.3 is 5.97 Å². The van der Waals surface area contributed by atoms with Gasteiger partial charge in [-0.1, -0.05) is 21.6 Å². The van der Waals surface area contributed by atoms with Crippen LogP contribution in [-0.2, 0) is 4.79 Å². The molecule has 0 bridgehead atoms. The van der Waals surface area contributed by atoms with Gasteiger partial charge in [-0.15, -0.1) is 0 Å². The van der Waals surface area contributed by atoms with Crippen molar-refractivity contribution in [2.45, 2.75) is 24.6 Å². The molecule has 0 saturated carbocycles. The van der Waals surface area contributed by atoms with Crippen LogP contribution in [0.2, 0.25) is 0 Å². The van der Waals surface area contributed by atoms with Gasteiger partial charge in [-0.3, -0.25) is 4.79 Å². The van der Waals surface area contributed by atoms with Gasteiger partial charge in [-0.05, 0) is 13.8 Å². The van der Waals surface area contributed by atoms with Crippen LogP contribution in [0.4, 0.5) is 0 Å². The van der Waals surface area contributed by atoms with E-state index in [1.165, 1.54) is 21.6 Å². The lowest BCUT2D eigenvalue weighted by Crippen LogP contribution is -2.46. The Morgan fingerprint density at radius 1 is 1.62 bits per heavy atom. The fourth-order valence-corrected chi connectivity index (χ4v) is 2.94. The van der Waals surface area contributed by atoms with E-state index in [4.69, 9.17) is 15.9 Å². The minimum atomic E-state index is -0.998. The Morgan fingerprint density at radius 3 is 2.54 bits per heavy atom. The highest BCUT2D eigenvalue weighted by Crippen LogP contribution is 2.37. The molecule has 0 spiro atoms. The molecule has 0 radical (unpaired) electrons. The molecular formula is C7H15NO3S2. The Morgan fingerprint density at radius 2 is 2.15 bits per heavy atom. The number of hydrogen-bond donors (Lipinski definition) is 3. The largest absolute Gasteiger partial charge is 0.480 e. The molecule has 0 heterocycles. The van der Waals surface area contributed by atoms with Crippen LogP contribution in [0.3, 0.4) is 0 Å². The molecule has 0 fully saturated rings. The van der Waals surface area contributed by atoms with E-state index in [0.717, 1.165) is 0 Å². The number of aliphatic carboxylic acids is 1. The van der Waals surface area contributed by atoms with Gasteiger partial charge in [0.25, 0.3) is 0 Å². The van der Waals surface area contributed by atoms with Gasteiger partial charge < -0.3 is 15.9 Å². The zero-order valence-electron chi connectivity index (χ0n) is 7.69. The summed E-state index contributed by atoms with van der Waals surface area (Å²) in [6.45, 7) is 3.65. The standard InChI is InChI=1S/C7H15NO3S2/c1-7(2,5(8)6(10)11)13-12-4-3-9/h5,9H,3-4,8H2,1-2H3,(H,10,11)/t5-/m1/s1. The summed E-state index contributed by atoms with van der Waals surface area (Å²) in [6.07, 6.45) is 0. The van der Waals surface area contributed by atoms with Crippen molar-refractivity contribution in [3.05, 3.63) is 0 Å². The lowest BCUT2D eigenvalue weighted by Gasteiger charge is -2.26. The van der Waals surface area contributed by atoms with Crippen molar-refractivity contribution in [3.63, 3.8) is 0 Å². The number of rotatable bonds is 6. The molecule has 0 aliphatic carbocycles. The summed E-state index contributed by atoms with van der Waals surface area (Å²) < 4.78 is -0.522. The predicted molar refractivity (Wildman–Crippen MR) is 56.8 cm³/mol. The summed E-state index contributed by atoms with van der Waals surface area (Å²) >= 11 is 0. The molecule has 0 unspecified atom stereocenters. The van der Waals surface area contributed by atoms with Crippen LogP contribution in [0.25, 0.3) is 0 Å². The van der Waals surface area contributed by atoms with Crippen molar-refractivity contribution >= 4 is 27.6 Å². The van der Waals surface area contributed by atoms with Crippen molar-refractivity contribution < 1.29 is 15.0 Å². The minimum absolute atomic E-state index is 0.0933. The Hall–Kier alpha value is 0.0900. The zero-order valence-corrected chi connectivity index (χ0v) is 9.32. The van der Waals surface area contributed by atoms with E-state index < -0.39 is 16.8 Å². The number of nitrogens with two attached hydrogens (primary N) is 1. The topological polar surface area (TPSA) is 83.5 Å². The van der Waals surface area contributed by atoms with Crippen molar-refractivity contribution in [1.29, 1.82) is 0 Å². The van der Waals surface area contributed by atoms with E-state index in [-0.39, 0.29) is 6.61 Å². The molecule has 0 aromatic heterocycles. The zero-order chi connectivity index (χ0) is 10.5. The number of carbonyl (C=O) groups is 1. The van der Waals surface area contributed by atoms with Gasteiger partial charge in [-0.2, -0.15) is 0 Å². The average molecular weight is 225 g/mol. The second-order valence-corrected chi connectivity index (χ2v) is 6.12. The van der Waals surface area contributed by atoms with E-state index in [1.54, 1.807) is 13.8 Å². The number of aliphatic hydroxyl groups is 1. The molecule has 6 heteroatoms. The van der Waals surface area contributed by atoms with Gasteiger partial charge in [-0.25, -0.2) is 0 Å². The predicted octanol–water partition coefficient (Wildman–Crippen LogP) is 0.551. The molecular weight excluding hydrogens is 210 g/mol. The summed E-state index contributed by atoms with van der Waals surface area (Å²) in [4.78, 5) is 10.6. The Kier molecular flexibility index (Phi) is 5.78. The third kappa shape index (κ3) is 4.75. The summed E-state index contributed by atoms with van der Waals surface area (Å²) in [5.41, 5.74) is 5.48. The van der Waals surface area contributed by atoms with Crippen LogP contribution in [0.15, 0.2) is 0 Å². The molecule has 13 heavy (non-hydrogen) atoms. The van der Waals surface area contributed by atoms with Crippen LogP contribution in [0.5, 0.6) is 0 Å². The highest BCUT2D eigenvalue weighted by Gasteiger charge is 2.32. The van der Waals surface area contributed by atoms with Crippen molar-refractivity contribution in [1.82, 2.24) is 0 Å². The van der Waals surface area contributed by atoms with Gasteiger partial charge in [0.05, 0.1) is 6.61 Å². The van der Waals surface area contributed by atoms with Gasteiger partial charge in [0.15, 0.2) is 0 Å². The molecule has 0 saturated heterocycles. The first-order valence-corrected chi connectivity index (χ1v) is 6.13. The first kappa shape index (κ1) is 13.1. The normalized spacial score (nSPS) is 14.2. The van der Waals surface area contributed by atoms with E-state index in [2.05, 4.69) is 0 Å². The summed E-state index contributed by atoms with van der Waals surface area (Å²) in [7, 11) is 2.82. The van der Waals surface area contributed by atoms with Crippen LogP contribution in [-0.4, -0.2) is 39.3 Å². The molecule has 1 atom stereocenters. The summed E-state index contributed by atoms with van der Waals surface area (Å²) in [5, 5.41) is 17.2. The third-order valence-electron chi connectivity index (χ3n) is 1.46. The molecule has 4 nitrogen and oxygen atoms in total. The maximum atomic E-state index is 10.6. The monoisotopic (exact) mass is 225 g/mol. The van der Waals surface area contributed by atoms with E-state index in [9.17, 15) is 4.79 Å². The third-order valence-corrected chi connectivity index (χ3v) is 4.76. The van der Waals surface area contributed by atoms with Crippen LogP contribution in [0.1, 0.15) is 13.8 Å². The fraction of sp³-hybridized carbons (Fsp3) is 0.857. The van der Waals surface area contributed by atoms with Crippen molar-refractivity contribution in [2.24, 2.45) is 5.73 Å². The maximum absolute atomic E-state index is 10.6. The number of aliphatic hydroxyl groups excluding tert-OH is 1. The van der Waals surface area contributed by atoms with Crippen LogP contribution >= 0.6 is 21.6 Å². The van der Waals surface area contributed by atoms with Gasteiger partial charge in [0.1, 0.15) is 6.04 Å². The lowest BCUT2D eigenvalue weighted by molar-refractivity contribution is -0.139. The van der Waals surface area contributed by atoms with E-state index in [0.29, 0.717) is 5.75 Å². The molecule has 78 valence electrons. The quantitative estimate of drug-likeness (QED) is 0.452. The van der Waals surface area contributed by atoms with Gasteiger partial charge in [0.2, 0.25) is 0 Å². The minimum Gasteiger partial charge on any atom is -0.480 e. The number of hydrogen-bond acceptors (Lipinski definition) is 5. The Balaban J connectivity index is 3.98. The summed E-state index contributed by atoms with van der Waals surface area (Å²) in [6, 6.07) is -0.885. The number of carboxylic acids is 1. The van der Waals surface area contributed by atoms with Gasteiger partial charge in [0, 0.05) is 10.5 Å². The molecule has 0 aromatic carbocycles. The Labute approximate surface area is 85.7 Å². The van der Waals surface area contributed by atoms with Crippen LogP contribution < -0.4 is 5.73 Å². The Bertz CT molecular complexity index is 175. The molecule has 0 aromatic rings. The molecule has 0 amide bonds. The highest BCUT2D eigenvalue weighted by atomic mass is 33.1. The first-order chi connectivity index (χ1) is 5.91. The fourth-order valence-electron chi connectivity index (χ4n) is 0.580. The average Bonchev–Trinajstić information content (AvgIpc) is 2.03. The molecule has 0 rings (SSSR count). The lowest BCUT2D eigenvalue weighted by atomic mass is 10.1. The SMILES string of the molecule is CC(C)(SSCCO)[C@H](N)C(=O)O. The second-order valence-electron chi connectivity index (χ2n) is 3.05. The molecule has 0 aliphatic heterocycles. The van der Waals surface area contributed by atoms with E-state index >= 15 is 0 Å². The van der Waals surface area contributed by atoms with Crippen molar-refractivity contribution in [3.8, 4) is 0 Å². The first-order valence-electron chi connectivity index (χ1n) is 3.81. The molecule has 0 aliphatic rings. The highest BCUT2D eigenvalue weighted by molar-refractivity contribution is 8.77.